The molecule has 0 aliphatic carbocycles. The van der Waals surface area contributed by atoms with Crippen molar-refractivity contribution in [2.24, 2.45) is 0 Å². The van der Waals surface area contributed by atoms with E-state index in [1.54, 1.807) is 12.1 Å². The summed E-state index contributed by atoms with van der Waals surface area (Å²) >= 11 is 9.45. The number of nitrogens with zero attached hydrogens (tertiary/aromatic N) is 1. The van der Waals surface area contributed by atoms with Crippen molar-refractivity contribution in [1.29, 1.82) is 0 Å². The average molecular weight is 317 g/mol. The Balaban J connectivity index is 2.17. The summed E-state index contributed by atoms with van der Waals surface area (Å²) < 4.78 is 0.898. The van der Waals surface area contributed by atoms with Crippen molar-refractivity contribution >= 4 is 33.4 Å². The highest BCUT2D eigenvalue weighted by molar-refractivity contribution is 9.10. The number of carbonyl (C=O) groups is 1. The first-order valence-corrected chi connectivity index (χ1v) is 7.10. The SMILES string of the molecule is O=C(c1ccc(Br)cc1Cl)N1CCCCCC1. The van der Waals surface area contributed by atoms with Crippen LogP contribution in [0.25, 0.3) is 0 Å². The van der Waals surface area contributed by atoms with E-state index < -0.39 is 0 Å². The van der Waals surface area contributed by atoms with Crippen LogP contribution in [0.1, 0.15) is 36.0 Å². The standard InChI is InChI=1S/C13H15BrClNO/c14-10-5-6-11(12(15)9-10)13(17)16-7-3-1-2-4-8-16/h5-6,9H,1-4,7-8H2. The van der Waals surface area contributed by atoms with E-state index in [9.17, 15) is 4.79 Å². The van der Waals surface area contributed by atoms with E-state index in [4.69, 9.17) is 11.6 Å². The van der Waals surface area contributed by atoms with E-state index in [1.807, 2.05) is 11.0 Å². The van der Waals surface area contributed by atoms with E-state index in [0.717, 1.165) is 30.4 Å². The molecule has 2 nitrogen and oxygen atoms in total. The third-order valence-corrected chi connectivity index (χ3v) is 3.86. The third-order valence-electron chi connectivity index (χ3n) is 3.05. The number of halogens is 2. The first-order valence-electron chi connectivity index (χ1n) is 5.93. The van der Waals surface area contributed by atoms with Gasteiger partial charge in [-0.3, -0.25) is 4.79 Å². The molecule has 0 unspecified atom stereocenters. The van der Waals surface area contributed by atoms with Crippen LogP contribution in [-0.2, 0) is 0 Å². The first kappa shape index (κ1) is 12.9. The monoisotopic (exact) mass is 315 g/mol. The molecule has 0 radical (unpaired) electrons. The Hall–Kier alpha value is -0.540. The van der Waals surface area contributed by atoms with E-state index in [1.165, 1.54) is 12.8 Å². The fourth-order valence-corrected chi connectivity index (χ4v) is 2.86. The van der Waals surface area contributed by atoms with Gasteiger partial charge in [-0.05, 0) is 31.0 Å². The highest BCUT2D eigenvalue weighted by Gasteiger charge is 2.19. The molecule has 0 aromatic heterocycles. The molecule has 4 heteroatoms. The van der Waals surface area contributed by atoms with Gasteiger partial charge in [0.1, 0.15) is 0 Å². The van der Waals surface area contributed by atoms with Crippen LogP contribution in [0, 0.1) is 0 Å². The summed E-state index contributed by atoms with van der Waals surface area (Å²) in [5.74, 6) is 0.0596. The molecular weight excluding hydrogens is 302 g/mol. The Kier molecular flexibility index (Phi) is 4.46. The summed E-state index contributed by atoms with van der Waals surface area (Å²) in [6.07, 6.45) is 4.63. The van der Waals surface area contributed by atoms with E-state index in [0.29, 0.717) is 10.6 Å². The van der Waals surface area contributed by atoms with Crippen LogP contribution in [0.3, 0.4) is 0 Å². The molecule has 1 amide bonds. The summed E-state index contributed by atoms with van der Waals surface area (Å²) in [4.78, 5) is 14.2. The van der Waals surface area contributed by atoms with Gasteiger partial charge in [-0.2, -0.15) is 0 Å². The highest BCUT2D eigenvalue weighted by Crippen LogP contribution is 2.23. The molecule has 1 saturated heterocycles. The molecule has 1 aromatic rings. The van der Waals surface area contributed by atoms with Crippen molar-refractivity contribution in [3.8, 4) is 0 Å². The van der Waals surface area contributed by atoms with Gasteiger partial charge in [0.2, 0.25) is 0 Å². The predicted molar refractivity (Wildman–Crippen MR) is 73.5 cm³/mol. The van der Waals surface area contributed by atoms with Crippen LogP contribution in [0.4, 0.5) is 0 Å². The molecule has 1 aliphatic heterocycles. The van der Waals surface area contributed by atoms with Gasteiger partial charge in [0.25, 0.3) is 5.91 Å². The molecule has 2 rings (SSSR count). The molecule has 92 valence electrons. The Morgan fingerprint density at radius 1 is 1.18 bits per heavy atom. The van der Waals surface area contributed by atoms with Crippen LogP contribution < -0.4 is 0 Å². The van der Waals surface area contributed by atoms with Gasteiger partial charge in [0.05, 0.1) is 10.6 Å². The zero-order chi connectivity index (χ0) is 12.3. The van der Waals surface area contributed by atoms with Crippen LogP contribution >= 0.6 is 27.5 Å². The average Bonchev–Trinajstić information content (AvgIpc) is 2.56. The van der Waals surface area contributed by atoms with Gasteiger partial charge in [-0.1, -0.05) is 40.4 Å². The summed E-state index contributed by atoms with van der Waals surface area (Å²) in [5, 5.41) is 0.522. The molecule has 0 N–H and O–H groups in total. The molecular formula is C13H15BrClNO. The molecule has 1 aromatic carbocycles. The Bertz CT molecular complexity index is 414. The number of rotatable bonds is 1. The number of hydrogen-bond donors (Lipinski definition) is 0. The van der Waals surface area contributed by atoms with Gasteiger partial charge < -0.3 is 4.90 Å². The van der Waals surface area contributed by atoms with Crippen molar-refractivity contribution < 1.29 is 4.79 Å². The lowest BCUT2D eigenvalue weighted by Gasteiger charge is -2.20. The van der Waals surface area contributed by atoms with Gasteiger partial charge in [0.15, 0.2) is 0 Å². The Morgan fingerprint density at radius 3 is 2.41 bits per heavy atom. The Morgan fingerprint density at radius 2 is 1.82 bits per heavy atom. The van der Waals surface area contributed by atoms with Crippen LogP contribution in [0.5, 0.6) is 0 Å². The van der Waals surface area contributed by atoms with E-state index in [2.05, 4.69) is 15.9 Å². The molecule has 1 fully saturated rings. The molecule has 0 atom stereocenters. The molecule has 0 bridgehead atoms. The Labute approximate surface area is 115 Å². The van der Waals surface area contributed by atoms with Crippen LogP contribution in [-0.4, -0.2) is 23.9 Å². The maximum atomic E-state index is 12.3. The third kappa shape index (κ3) is 3.23. The van der Waals surface area contributed by atoms with Crippen LogP contribution in [0.2, 0.25) is 5.02 Å². The predicted octanol–water partition coefficient (Wildman–Crippen LogP) is 4.12. The van der Waals surface area contributed by atoms with Crippen LogP contribution in [0.15, 0.2) is 22.7 Å². The number of carbonyl (C=O) groups excluding carboxylic acids is 1. The van der Waals surface area contributed by atoms with Crippen molar-refractivity contribution in [2.75, 3.05) is 13.1 Å². The fourth-order valence-electron chi connectivity index (χ4n) is 2.11. The second kappa shape index (κ2) is 5.87. The minimum Gasteiger partial charge on any atom is -0.339 e. The van der Waals surface area contributed by atoms with Crippen molar-refractivity contribution in [3.63, 3.8) is 0 Å². The second-order valence-corrected chi connectivity index (χ2v) is 5.65. The summed E-state index contributed by atoms with van der Waals surface area (Å²) in [6.45, 7) is 1.70. The van der Waals surface area contributed by atoms with Gasteiger partial charge in [-0.15, -0.1) is 0 Å². The lowest BCUT2D eigenvalue weighted by atomic mass is 10.2. The number of hydrogen-bond acceptors (Lipinski definition) is 1. The zero-order valence-electron chi connectivity index (χ0n) is 9.59. The van der Waals surface area contributed by atoms with Gasteiger partial charge >= 0.3 is 0 Å². The van der Waals surface area contributed by atoms with E-state index >= 15 is 0 Å². The number of amides is 1. The van der Waals surface area contributed by atoms with Crippen molar-refractivity contribution in [1.82, 2.24) is 4.90 Å². The van der Waals surface area contributed by atoms with Gasteiger partial charge in [0, 0.05) is 17.6 Å². The summed E-state index contributed by atoms with van der Waals surface area (Å²) in [7, 11) is 0. The molecule has 17 heavy (non-hydrogen) atoms. The maximum absolute atomic E-state index is 12.3. The topological polar surface area (TPSA) is 20.3 Å². The number of benzene rings is 1. The smallest absolute Gasteiger partial charge is 0.255 e. The highest BCUT2D eigenvalue weighted by atomic mass is 79.9. The molecule has 1 heterocycles. The molecule has 0 saturated carbocycles. The largest absolute Gasteiger partial charge is 0.339 e. The van der Waals surface area contributed by atoms with Crippen molar-refractivity contribution in [3.05, 3.63) is 33.3 Å². The lowest BCUT2D eigenvalue weighted by Crippen LogP contribution is -2.32. The normalized spacial score (nSPS) is 16.7. The van der Waals surface area contributed by atoms with E-state index in [-0.39, 0.29) is 5.91 Å². The zero-order valence-corrected chi connectivity index (χ0v) is 11.9. The first-order chi connectivity index (χ1) is 8.18. The second-order valence-electron chi connectivity index (χ2n) is 4.33. The number of likely N-dealkylation sites (tertiary alicyclic amines) is 1. The summed E-state index contributed by atoms with van der Waals surface area (Å²) in [5.41, 5.74) is 0.608. The lowest BCUT2D eigenvalue weighted by molar-refractivity contribution is 0.0762. The van der Waals surface area contributed by atoms with Crippen molar-refractivity contribution in [2.45, 2.75) is 25.7 Å². The summed E-state index contributed by atoms with van der Waals surface area (Å²) in [6, 6.07) is 5.42. The molecule has 0 spiro atoms. The quantitative estimate of drug-likeness (QED) is 0.763. The maximum Gasteiger partial charge on any atom is 0.255 e. The minimum atomic E-state index is 0.0596. The minimum absolute atomic E-state index is 0.0596. The molecule has 1 aliphatic rings. The fraction of sp³-hybridized carbons (Fsp3) is 0.462. The van der Waals surface area contributed by atoms with Gasteiger partial charge in [-0.25, -0.2) is 0 Å².